The maximum atomic E-state index is 5.69. The first-order valence-electron chi connectivity index (χ1n) is 19.8. The summed E-state index contributed by atoms with van der Waals surface area (Å²) in [6.45, 7) is 0. The Balaban J connectivity index is 1.05. The van der Waals surface area contributed by atoms with Gasteiger partial charge in [0.1, 0.15) is 11.2 Å². The Bertz CT molecular complexity index is 3620. The molecule has 0 radical (unpaired) electrons. The van der Waals surface area contributed by atoms with Gasteiger partial charge in [0.05, 0.1) is 16.7 Å². The van der Waals surface area contributed by atoms with Crippen molar-refractivity contribution in [3.05, 3.63) is 193 Å². The van der Waals surface area contributed by atoms with Gasteiger partial charge in [-0.05, 0) is 68.9 Å². The molecule has 13 rings (SSSR count). The van der Waals surface area contributed by atoms with Crippen LogP contribution >= 0.6 is 23.1 Å². The van der Waals surface area contributed by atoms with Gasteiger partial charge in [0, 0.05) is 70.7 Å². The van der Waals surface area contributed by atoms with Crippen LogP contribution in [-0.2, 0) is 0 Å². The van der Waals surface area contributed by atoms with Gasteiger partial charge in [-0.1, -0.05) is 151 Å². The van der Waals surface area contributed by atoms with E-state index in [1.54, 1.807) is 0 Å². The van der Waals surface area contributed by atoms with Gasteiger partial charge in [0.25, 0.3) is 0 Å². The molecule has 0 N–H and O–H groups in total. The minimum absolute atomic E-state index is 0.0947. The molecule has 4 heterocycles. The highest BCUT2D eigenvalue weighted by molar-refractivity contribution is 8.00. The molecule has 9 aromatic carbocycles. The van der Waals surface area contributed by atoms with Crippen LogP contribution in [0.2, 0.25) is 0 Å². The van der Waals surface area contributed by atoms with Crippen LogP contribution in [0.25, 0.3) is 91.3 Å². The van der Waals surface area contributed by atoms with Crippen LogP contribution in [0.5, 0.6) is 0 Å². The van der Waals surface area contributed by atoms with Crippen LogP contribution in [0.4, 0.5) is 0 Å². The van der Waals surface area contributed by atoms with Crippen LogP contribution in [0.15, 0.2) is 186 Å². The molecule has 1 atom stereocenters. The number of hydrogen-bond acceptors (Lipinski definition) is 4. The Morgan fingerprint density at radius 2 is 1.19 bits per heavy atom. The van der Waals surface area contributed by atoms with E-state index in [0.29, 0.717) is 0 Å². The number of aromatic nitrogens is 1. The summed E-state index contributed by atoms with van der Waals surface area (Å²) in [6.07, 6.45) is 0. The Morgan fingerprint density at radius 3 is 2.03 bits per heavy atom. The molecule has 0 saturated heterocycles. The van der Waals surface area contributed by atoms with Crippen molar-refractivity contribution in [1.82, 2.24) is 9.47 Å². The van der Waals surface area contributed by atoms with Gasteiger partial charge in [0.2, 0.25) is 0 Å². The normalized spacial score (nSPS) is 15.4. The second-order valence-electron chi connectivity index (χ2n) is 15.4. The molecule has 272 valence electrons. The van der Waals surface area contributed by atoms with E-state index < -0.39 is 0 Å². The van der Waals surface area contributed by atoms with E-state index in [1.165, 1.54) is 90.3 Å². The number of thioether (sulfide) groups is 1. The summed E-state index contributed by atoms with van der Waals surface area (Å²) in [4.78, 5) is 9.39. The molecule has 0 bridgehead atoms. The molecule has 0 aliphatic carbocycles. The molecule has 11 aromatic rings. The summed E-state index contributed by atoms with van der Waals surface area (Å²) in [5, 5.41) is 12.9. The standard InChI is InChI=1S/C53H33N3S2/c1-55-52(42-30-32-14-2-3-15-34(32)35-16-4-5-17-36(35)42)54-49(47-41-22-10-13-25-45(41)58-53(47)55)31-26-28-33(29-27-31)56-43-23-11-8-20-39(43)48-50(56)38-19-7-6-18-37(38)46-40-21-9-12-24-44(40)57-51(46)48/h2-30,53H,1H3. The molecule has 3 nitrogen and oxygen atoms in total. The highest BCUT2D eigenvalue weighted by atomic mass is 32.2. The van der Waals surface area contributed by atoms with Crippen LogP contribution in [-0.4, -0.2) is 27.7 Å². The average molecular weight is 776 g/mol. The van der Waals surface area contributed by atoms with E-state index in [4.69, 9.17) is 4.99 Å². The second-order valence-corrected chi connectivity index (χ2v) is 17.6. The van der Waals surface area contributed by atoms with Crippen molar-refractivity contribution in [2.75, 3.05) is 7.05 Å². The van der Waals surface area contributed by atoms with Crippen molar-refractivity contribution in [3.63, 3.8) is 0 Å². The van der Waals surface area contributed by atoms with Crippen molar-refractivity contribution < 1.29 is 0 Å². The molecular formula is C53H33N3S2. The quantitative estimate of drug-likeness (QED) is 0.167. The van der Waals surface area contributed by atoms with E-state index in [2.05, 4.69) is 192 Å². The minimum Gasteiger partial charge on any atom is -0.343 e. The molecule has 2 aliphatic rings. The lowest BCUT2D eigenvalue weighted by atomic mass is 9.94. The summed E-state index contributed by atoms with van der Waals surface area (Å²) in [6, 6.07) is 64.7. The zero-order valence-corrected chi connectivity index (χ0v) is 33.1. The Morgan fingerprint density at radius 1 is 0.534 bits per heavy atom. The third kappa shape index (κ3) is 4.43. The Hall–Kier alpha value is -6.66. The number of thiophene rings is 1. The summed E-state index contributed by atoms with van der Waals surface area (Å²) >= 11 is 3.84. The third-order valence-electron chi connectivity index (χ3n) is 12.4. The number of likely N-dealkylation sites (N-methyl/N-ethyl adjacent to an activating group) is 1. The molecule has 0 amide bonds. The molecule has 2 aliphatic heterocycles. The number of amidine groups is 1. The topological polar surface area (TPSA) is 20.5 Å². The van der Waals surface area contributed by atoms with E-state index in [0.717, 1.165) is 28.3 Å². The van der Waals surface area contributed by atoms with Gasteiger partial charge in [-0.2, -0.15) is 0 Å². The van der Waals surface area contributed by atoms with Gasteiger partial charge in [-0.15, -0.1) is 11.3 Å². The highest BCUT2D eigenvalue weighted by Crippen LogP contribution is 2.52. The highest BCUT2D eigenvalue weighted by Gasteiger charge is 2.39. The lowest BCUT2D eigenvalue weighted by Gasteiger charge is -2.34. The average Bonchev–Trinajstić information content (AvgIpc) is 3.98. The monoisotopic (exact) mass is 775 g/mol. The van der Waals surface area contributed by atoms with Crippen molar-refractivity contribution in [2.24, 2.45) is 4.99 Å². The minimum atomic E-state index is 0.0947. The van der Waals surface area contributed by atoms with E-state index in [-0.39, 0.29) is 5.37 Å². The molecule has 0 fully saturated rings. The fourth-order valence-corrected chi connectivity index (χ4v) is 12.4. The zero-order chi connectivity index (χ0) is 38.1. The fourth-order valence-electron chi connectivity index (χ4n) is 9.84. The van der Waals surface area contributed by atoms with Crippen molar-refractivity contribution in [2.45, 2.75) is 10.3 Å². The first kappa shape index (κ1) is 32.4. The second kappa shape index (κ2) is 12.2. The number of nitrogens with zero attached hydrogens (tertiary/aromatic N) is 3. The van der Waals surface area contributed by atoms with Crippen LogP contribution in [0.1, 0.15) is 16.7 Å². The molecule has 0 spiro atoms. The van der Waals surface area contributed by atoms with Crippen molar-refractivity contribution >= 4 is 114 Å². The predicted octanol–water partition coefficient (Wildman–Crippen LogP) is 14.3. The van der Waals surface area contributed by atoms with Gasteiger partial charge in [0.15, 0.2) is 0 Å². The summed E-state index contributed by atoms with van der Waals surface area (Å²) in [7, 11) is 2.21. The summed E-state index contributed by atoms with van der Waals surface area (Å²) in [5.74, 6) is 0.997. The number of benzene rings is 9. The predicted molar refractivity (Wildman–Crippen MR) is 250 cm³/mol. The fraction of sp³-hybridized carbons (Fsp3) is 0.0377. The number of hydrogen-bond donors (Lipinski definition) is 0. The molecule has 5 heteroatoms. The number of rotatable bonds is 3. The molecular weight excluding hydrogens is 743 g/mol. The number of aliphatic imine (C=N–C) groups is 1. The molecule has 1 unspecified atom stereocenters. The van der Waals surface area contributed by atoms with Gasteiger partial charge in [-0.25, -0.2) is 4.99 Å². The van der Waals surface area contributed by atoms with Crippen LogP contribution in [0.3, 0.4) is 0 Å². The Kier molecular flexibility index (Phi) is 6.81. The SMILES string of the molecule is CN1C(c2cc3ccccc3c3ccccc23)=NC(c2ccc(-n3c4ccccc4c4c5sc6ccccc6c5c5ccccc5c43)cc2)=C2c3ccccc3SC21. The van der Waals surface area contributed by atoms with Crippen molar-refractivity contribution in [1.29, 1.82) is 0 Å². The maximum absolute atomic E-state index is 5.69. The maximum Gasteiger partial charge on any atom is 0.138 e. The lowest BCUT2D eigenvalue weighted by Crippen LogP contribution is -2.38. The first-order valence-corrected chi connectivity index (χ1v) is 21.5. The van der Waals surface area contributed by atoms with Gasteiger partial charge >= 0.3 is 0 Å². The molecule has 58 heavy (non-hydrogen) atoms. The number of para-hydroxylation sites is 1. The Labute approximate surface area is 342 Å². The van der Waals surface area contributed by atoms with Gasteiger partial charge < -0.3 is 9.47 Å². The van der Waals surface area contributed by atoms with Crippen LogP contribution in [0, 0.1) is 0 Å². The zero-order valence-electron chi connectivity index (χ0n) is 31.5. The third-order valence-corrected chi connectivity index (χ3v) is 15.0. The summed E-state index contributed by atoms with van der Waals surface area (Å²) < 4.78 is 5.17. The van der Waals surface area contributed by atoms with E-state index in [1.807, 2.05) is 23.1 Å². The lowest BCUT2D eigenvalue weighted by molar-refractivity contribution is 0.538. The number of fused-ring (bicyclic) bond motifs is 16. The van der Waals surface area contributed by atoms with E-state index in [9.17, 15) is 0 Å². The van der Waals surface area contributed by atoms with Crippen molar-refractivity contribution in [3.8, 4) is 5.69 Å². The summed E-state index contributed by atoms with van der Waals surface area (Å²) in [5.41, 5.74) is 9.48. The first-order chi connectivity index (χ1) is 28.7. The molecule has 0 saturated carbocycles. The largest absolute Gasteiger partial charge is 0.343 e. The van der Waals surface area contributed by atoms with Gasteiger partial charge in [-0.3, -0.25) is 0 Å². The smallest absolute Gasteiger partial charge is 0.138 e. The molecule has 2 aromatic heterocycles. The van der Waals surface area contributed by atoms with E-state index >= 15 is 0 Å². The van der Waals surface area contributed by atoms with Crippen LogP contribution < -0.4 is 0 Å².